The summed E-state index contributed by atoms with van der Waals surface area (Å²) in [6.07, 6.45) is 4.79. The standard InChI is InChI=1S/C22H23FN6O4S.C5H10O2/c1-12-16-17(30)28(22(2,3)20(24)31)21(32)27(19(16)34-18(12)29-25-8-9-26-29)10-7-13-11-14(23)5-6-15(13)33-4;6-5-1-3-7-4-2-5/h5-6,8-9,11H,7,10H2,1-4H3,(H2,24,31);5-6H,1-4H2. The molecule has 1 saturated heterocycles. The predicted molar refractivity (Wildman–Crippen MR) is 151 cm³/mol. The first-order valence-electron chi connectivity index (χ1n) is 13.0. The van der Waals surface area contributed by atoms with Crippen molar-refractivity contribution in [2.45, 2.75) is 58.2 Å². The molecule has 4 heterocycles. The summed E-state index contributed by atoms with van der Waals surface area (Å²) in [6.45, 7) is 6.13. The van der Waals surface area contributed by atoms with Crippen LogP contribution in [0.15, 0.2) is 40.2 Å². The molecule has 1 aliphatic rings. The number of carbonyl (C=O) groups excluding carboxylic acids is 1. The summed E-state index contributed by atoms with van der Waals surface area (Å²) in [5.74, 6) is -0.793. The topological polar surface area (TPSA) is 156 Å². The summed E-state index contributed by atoms with van der Waals surface area (Å²) in [4.78, 5) is 41.0. The van der Waals surface area contributed by atoms with Crippen molar-refractivity contribution in [1.82, 2.24) is 24.1 Å². The summed E-state index contributed by atoms with van der Waals surface area (Å²) in [5, 5.41) is 17.9. The molecule has 12 nitrogen and oxygen atoms in total. The van der Waals surface area contributed by atoms with E-state index in [4.69, 9.17) is 20.3 Å². The Labute approximate surface area is 238 Å². The van der Waals surface area contributed by atoms with Crippen molar-refractivity contribution in [3.63, 3.8) is 0 Å². The number of aryl methyl sites for hydroxylation is 3. The Morgan fingerprint density at radius 1 is 1.24 bits per heavy atom. The third-order valence-electron chi connectivity index (χ3n) is 6.99. The lowest BCUT2D eigenvalue weighted by molar-refractivity contribution is -0.125. The first kappa shape index (κ1) is 30.1. The number of fused-ring (bicyclic) bond motifs is 1. The average molecular weight is 589 g/mol. The molecule has 3 N–H and O–H groups in total. The van der Waals surface area contributed by atoms with Crippen LogP contribution in [-0.4, -0.2) is 61.6 Å². The largest absolute Gasteiger partial charge is 0.496 e. The predicted octanol–water partition coefficient (Wildman–Crippen LogP) is 1.88. The van der Waals surface area contributed by atoms with Gasteiger partial charge >= 0.3 is 5.69 Å². The molecular formula is C27H33FN6O6S. The zero-order valence-electron chi connectivity index (χ0n) is 23.3. The van der Waals surface area contributed by atoms with Crippen molar-refractivity contribution in [3.05, 3.63) is 68.4 Å². The van der Waals surface area contributed by atoms with Crippen LogP contribution in [0, 0.1) is 12.7 Å². The summed E-state index contributed by atoms with van der Waals surface area (Å²) in [6, 6.07) is 4.13. The number of primary amides is 1. The molecule has 220 valence electrons. The smallest absolute Gasteiger partial charge is 0.333 e. The molecule has 1 amide bonds. The number of aliphatic hydroxyl groups is 1. The van der Waals surface area contributed by atoms with Crippen molar-refractivity contribution in [2.24, 2.45) is 5.73 Å². The van der Waals surface area contributed by atoms with Crippen LogP contribution in [0.3, 0.4) is 0 Å². The van der Waals surface area contributed by atoms with Gasteiger partial charge in [0.1, 0.15) is 26.9 Å². The highest BCUT2D eigenvalue weighted by Crippen LogP contribution is 2.31. The van der Waals surface area contributed by atoms with Gasteiger partial charge < -0.3 is 20.3 Å². The van der Waals surface area contributed by atoms with Crippen LogP contribution in [0.25, 0.3) is 15.2 Å². The summed E-state index contributed by atoms with van der Waals surface area (Å²) < 4.78 is 26.5. The lowest BCUT2D eigenvalue weighted by atomic mass is 10.0. The minimum atomic E-state index is -1.58. The van der Waals surface area contributed by atoms with Crippen LogP contribution < -0.4 is 21.7 Å². The van der Waals surface area contributed by atoms with Crippen LogP contribution in [0.4, 0.5) is 4.39 Å². The zero-order valence-corrected chi connectivity index (χ0v) is 24.1. The highest BCUT2D eigenvalue weighted by atomic mass is 32.1. The molecule has 5 rings (SSSR count). The summed E-state index contributed by atoms with van der Waals surface area (Å²) >= 11 is 1.18. The Kier molecular flexibility index (Phi) is 9.05. The Morgan fingerprint density at radius 3 is 2.46 bits per heavy atom. The molecule has 1 fully saturated rings. The number of nitrogens with two attached hydrogens (primary N) is 1. The Balaban J connectivity index is 0.000000483. The van der Waals surface area contributed by atoms with Crippen LogP contribution in [0.5, 0.6) is 5.75 Å². The molecule has 0 atom stereocenters. The Bertz CT molecular complexity index is 1650. The molecule has 4 aromatic rings. The van der Waals surface area contributed by atoms with Gasteiger partial charge in [-0.25, -0.2) is 13.8 Å². The number of thiophene rings is 1. The van der Waals surface area contributed by atoms with Gasteiger partial charge in [0.15, 0.2) is 0 Å². The van der Waals surface area contributed by atoms with E-state index >= 15 is 0 Å². The van der Waals surface area contributed by atoms with Crippen molar-refractivity contribution in [3.8, 4) is 10.8 Å². The van der Waals surface area contributed by atoms with E-state index < -0.39 is 28.5 Å². The maximum absolute atomic E-state index is 13.9. The van der Waals surface area contributed by atoms with Gasteiger partial charge in [-0.3, -0.25) is 14.2 Å². The van der Waals surface area contributed by atoms with Gasteiger partial charge in [0, 0.05) is 25.3 Å². The fourth-order valence-corrected chi connectivity index (χ4v) is 5.74. The Morgan fingerprint density at radius 2 is 1.90 bits per heavy atom. The second-order valence-corrected chi connectivity index (χ2v) is 11.1. The van der Waals surface area contributed by atoms with E-state index in [0.717, 1.165) is 30.6 Å². The van der Waals surface area contributed by atoms with Gasteiger partial charge in [-0.1, -0.05) is 11.3 Å². The van der Waals surface area contributed by atoms with Gasteiger partial charge in [-0.15, -0.1) is 4.80 Å². The highest BCUT2D eigenvalue weighted by molar-refractivity contribution is 7.21. The number of nitrogens with zero attached hydrogens (tertiary/aromatic N) is 5. The number of aliphatic hydroxyl groups excluding tert-OH is 1. The van der Waals surface area contributed by atoms with Crippen molar-refractivity contribution in [1.29, 1.82) is 0 Å². The number of hydrogen-bond acceptors (Lipinski definition) is 9. The lowest BCUT2D eigenvalue weighted by Crippen LogP contribution is -2.54. The molecule has 3 aromatic heterocycles. The van der Waals surface area contributed by atoms with E-state index in [1.54, 1.807) is 6.92 Å². The van der Waals surface area contributed by atoms with Gasteiger partial charge in [-0.05, 0) is 63.8 Å². The summed E-state index contributed by atoms with van der Waals surface area (Å²) in [5.41, 5.74) is 3.75. The number of benzene rings is 1. The number of halogens is 1. The monoisotopic (exact) mass is 588 g/mol. The van der Waals surface area contributed by atoms with E-state index in [2.05, 4.69) is 10.2 Å². The number of ether oxygens (including phenoxy) is 2. The maximum atomic E-state index is 13.9. The van der Waals surface area contributed by atoms with E-state index in [1.807, 2.05) is 0 Å². The highest BCUT2D eigenvalue weighted by Gasteiger charge is 2.34. The molecule has 1 aromatic carbocycles. The van der Waals surface area contributed by atoms with Crippen LogP contribution in [0.2, 0.25) is 0 Å². The minimum absolute atomic E-state index is 0.0891. The van der Waals surface area contributed by atoms with Crippen molar-refractivity contribution in [2.75, 3.05) is 20.3 Å². The number of methoxy groups -OCH3 is 1. The van der Waals surface area contributed by atoms with Crippen LogP contribution in [-0.2, 0) is 28.0 Å². The normalized spacial score (nSPS) is 14.1. The first-order valence-corrected chi connectivity index (χ1v) is 13.8. The number of carbonyl (C=O) groups is 1. The van der Waals surface area contributed by atoms with Crippen LogP contribution in [0.1, 0.15) is 37.8 Å². The quantitative estimate of drug-likeness (QED) is 0.332. The molecule has 0 radical (unpaired) electrons. The van der Waals surface area contributed by atoms with Crippen molar-refractivity contribution < 1.29 is 23.8 Å². The van der Waals surface area contributed by atoms with E-state index in [9.17, 15) is 18.8 Å². The Hall–Kier alpha value is -3.88. The number of aromatic nitrogens is 5. The molecule has 41 heavy (non-hydrogen) atoms. The third kappa shape index (κ3) is 6.09. The maximum Gasteiger partial charge on any atom is 0.333 e. The van der Waals surface area contributed by atoms with Gasteiger partial charge in [0.25, 0.3) is 5.56 Å². The van der Waals surface area contributed by atoms with E-state index in [1.165, 1.54) is 72.3 Å². The first-order chi connectivity index (χ1) is 19.5. The minimum Gasteiger partial charge on any atom is -0.496 e. The molecule has 1 aliphatic heterocycles. The second-order valence-electron chi connectivity index (χ2n) is 10.1. The van der Waals surface area contributed by atoms with Crippen molar-refractivity contribution >= 4 is 27.5 Å². The van der Waals surface area contributed by atoms with Gasteiger partial charge in [-0.2, -0.15) is 10.2 Å². The fraction of sp³-hybridized carbons (Fsp3) is 0.444. The molecule has 0 bridgehead atoms. The lowest BCUT2D eigenvalue weighted by Gasteiger charge is -2.24. The number of amides is 1. The summed E-state index contributed by atoms with van der Waals surface area (Å²) in [7, 11) is 1.47. The molecular weight excluding hydrogens is 555 g/mol. The molecule has 0 unspecified atom stereocenters. The average Bonchev–Trinajstić information content (AvgIpc) is 3.57. The second kappa shape index (κ2) is 12.3. The molecule has 0 saturated carbocycles. The molecule has 0 spiro atoms. The van der Waals surface area contributed by atoms with E-state index in [0.29, 0.717) is 26.7 Å². The van der Waals surface area contributed by atoms with Crippen LogP contribution >= 0.6 is 11.3 Å². The van der Waals surface area contributed by atoms with Gasteiger partial charge in [0.2, 0.25) is 5.91 Å². The molecule has 14 heteroatoms. The number of hydrogen-bond donors (Lipinski definition) is 2. The van der Waals surface area contributed by atoms with Gasteiger partial charge in [0.05, 0.1) is 31.0 Å². The van der Waals surface area contributed by atoms with E-state index in [-0.39, 0.29) is 24.5 Å². The SMILES string of the molecule is COc1ccc(F)cc1CCn1c(=O)n(C(C)(C)C(N)=O)c(=O)c2c(C)c(-n3nccn3)sc21.OC1CCOCC1. The fourth-order valence-electron chi connectivity index (χ4n) is 4.51. The molecule has 0 aliphatic carbocycles. The zero-order chi connectivity index (χ0) is 29.9. The third-order valence-corrected chi connectivity index (χ3v) is 8.27. The number of rotatable bonds is 7.